The number of nitrogens with one attached hydrogen (secondary N) is 1. The third kappa shape index (κ3) is 1.48. The first-order valence-electron chi connectivity index (χ1n) is 5.43. The first-order chi connectivity index (χ1) is 8.66. The van der Waals surface area contributed by atoms with Crippen molar-refractivity contribution < 1.29 is 14.3 Å². The first kappa shape index (κ1) is 10.6. The molecule has 0 radical (unpaired) electrons. The van der Waals surface area contributed by atoms with Crippen molar-refractivity contribution in [1.29, 1.82) is 0 Å². The lowest BCUT2D eigenvalue weighted by atomic mass is 10.1. The van der Waals surface area contributed by atoms with Gasteiger partial charge in [0.1, 0.15) is 16.8 Å². The minimum Gasteiger partial charge on any atom is -0.478 e. The van der Waals surface area contributed by atoms with Gasteiger partial charge in [0.25, 0.3) is 0 Å². The van der Waals surface area contributed by atoms with Gasteiger partial charge in [0.05, 0.1) is 6.20 Å². The average Bonchev–Trinajstić information content (AvgIpc) is 2.95. The van der Waals surface area contributed by atoms with Gasteiger partial charge in [-0.25, -0.2) is 4.79 Å². The summed E-state index contributed by atoms with van der Waals surface area (Å²) in [5.74, 6) is -0.551. The second-order valence-corrected chi connectivity index (χ2v) is 4.07. The summed E-state index contributed by atoms with van der Waals surface area (Å²) in [5, 5.41) is 16.4. The number of para-hydroxylation sites is 1. The number of benzene rings is 1. The van der Waals surface area contributed by atoms with Crippen LogP contribution in [0.4, 0.5) is 0 Å². The number of carbonyl (C=O) groups is 1. The third-order valence-electron chi connectivity index (χ3n) is 2.86. The molecule has 0 amide bonds. The van der Waals surface area contributed by atoms with Crippen LogP contribution in [-0.2, 0) is 0 Å². The van der Waals surface area contributed by atoms with Crippen LogP contribution in [0.2, 0.25) is 0 Å². The van der Waals surface area contributed by atoms with E-state index in [0.29, 0.717) is 11.5 Å². The van der Waals surface area contributed by atoms with Gasteiger partial charge in [-0.2, -0.15) is 5.10 Å². The van der Waals surface area contributed by atoms with E-state index in [9.17, 15) is 4.79 Å². The number of H-pyrrole nitrogens is 1. The Morgan fingerprint density at radius 2 is 2.28 bits per heavy atom. The highest BCUT2D eigenvalue weighted by atomic mass is 16.4. The molecule has 0 atom stereocenters. The quantitative estimate of drug-likeness (QED) is 0.724. The van der Waals surface area contributed by atoms with Crippen LogP contribution in [0.1, 0.15) is 15.9 Å². The van der Waals surface area contributed by atoms with Crippen LogP contribution in [0.3, 0.4) is 0 Å². The molecular weight excluding hydrogens is 232 g/mol. The number of aromatic carboxylic acids is 1. The molecule has 0 fully saturated rings. The third-order valence-corrected chi connectivity index (χ3v) is 2.86. The number of carboxylic acid groups (broad SMARTS) is 1. The molecule has 2 aromatic heterocycles. The summed E-state index contributed by atoms with van der Waals surface area (Å²) >= 11 is 0. The van der Waals surface area contributed by atoms with Gasteiger partial charge in [0.2, 0.25) is 0 Å². The highest BCUT2D eigenvalue weighted by molar-refractivity contribution is 5.95. The van der Waals surface area contributed by atoms with E-state index in [2.05, 4.69) is 10.2 Å². The van der Waals surface area contributed by atoms with Crippen LogP contribution in [-0.4, -0.2) is 21.3 Å². The second-order valence-electron chi connectivity index (χ2n) is 4.07. The van der Waals surface area contributed by atoms with Crippen molar-refractivity contribution in [3.63, 3.8) is 0 Å². The van der Waals surface area contributed by atoms with E-state index in [0.717, 1.165) is 16.5 Å². The molecular formula is C13H10N2O3. The van der Waals surface area contributed by atoms with Crippen LogP contribution < -0.4 is 0 Å². The number of aryl methyl sites for hydroxylation is 1. The monoisotopic (exact) mass is 242 g/mol. The van der Waals surface area contributed by atoms with Gasteiger partial charge >= 0.3 is 5.97 Å². The van der Waals surface area contributed by atoms with Crippen molar-refractivity contribution in [1.82, 2.24) is 10.2 Å². The SMILES string of the molecule is Cc1cccc2cc(-c3[nH]ncc3C(=O)O)oc12. The van der Waals surface area contributed by atoms with Gasteiger partial charge in [-0.15, -0.1) is 0 Å². The minimum atomic E-state index is -1.03. The molecule has 3 aromatic rings. The normalized spacial score (nSPS) is 10.9. The van der Waals surface area contributed by atoms with Crippen molar-refractivity contribution in [3.8, 4) is 11.5 Å². The lowest BCUT2D eigenvalue weighted by Crippen LogP contribution is -1.95. The number of hydrogen-bond acceptors (Lipinski definition) is 3. The predicted octanol–water partition coefficient (Wildman–Crippen LogP) is 2.83. The van der Waals surface area contributed by atoms with Crippen LogP contribution >= 0.6 is 0 Å². The summed E-state index contributed by atoms with van der Waals surface area (Å²) in [5.41, 5.74) is 2.26. The molecule has 1 aromatic carbocycles. The molecule has 0 saturated heterocycles. The maximum absolute atomic E-state index is 11.0. The molecule has 18 heavy (non-hydrogen) atoms. The van der Waals surface area contributed by atoms with Gasteiger partial charge in [-0.05, 0) is 18.6 Å². The smallest absolute Gasteiger partial charge is 0.339 e. The summed E-state index contributed by atoms with van der Waals surface area (Å²) < 4.78 is 5.70. The zero-order valence-corrected chi connectivity index (χ0v) is 9.60. The summed E-state index contributed by atoms with van der Waals surface area (Å²) in [7, 11) is 0. The molecule has 0 spiro atoms. The molecule has 3 rings (SSSR count). The molecule has 0 aliphatic heterocycles. The molecule has 0 bridgehead atoms. The molecule has 2 heterocycles. The van der Waals surface area contributed by atoms with E-state index >= 15 is 0 Å². The Kier molecular flexibility index (Phi) is 2.19. The Bertz CT molecular complexity index is 740. The molecule has 0 aliphatic rings. The molecule has 2 N–H and O–H groups in total. The molecule has 0 aliphatic carbocycles. The number of fused-ring (bicyclic) bond motifs is 1. The van der Waals surface area contributed by atoms with Gasteiger partial charge in [-0.3, -0.25) is 5.10 Å². The Hall–Kier alpha value is -2.56. The number of aromatic amines is 1. The second kappa shape index (κ2) is 3.73. The highest BCUT2D eigenvalue weighted by Crippen LogP contribution is 2.30. The van der Waals surface area contributed by atoms with Gasteiger partial charge in [0, 0.05) is 5.39 Å². The van der Waals surface area contributed by atoms with E-state index in [1.165, 1.54) is 6.20 Å². The zero-order chi connectivity index (χ0) is 12.7. The van der Waals surface area contributed by atoms with Crippen molar-refractivity contribution in [2.24, 2.45) is 0 Å². The fraction of sp³-hybridized carbons (Fsp3) is 0.0769. The zero-order valence-electron chi connectivity index (χ0n) is 9.60. The number of nitrogens with zero attached hydrogens (tertiary/aromatic N) is 1. The highest BCUT2D eigenvalue weighted by Gasteiger charge is 2.17. The maximum Gasteiger partial charge on any atom is 0.339 e. The van der Waals surface area contributed by atoms with Crippen LogP contribution in [0.5, 0.6) is 0 Å². The van der Waals surface area contributed by atoms with Crippen LogP contribution in [0.25, 0.3) is 22.4 Å². The first-order valence-corrected chi connectivity index (χ1v) is 5.43. The Balaban J connectivity index is 2.23. The standard InChI is InChI=1S/C13H10N2O3/c1-7-3-2-4-8-5-10(18-12(7)8)11-9(13(16)17)6-14-15-11/h2-6H,1H3,(H,14,15)(H,16,17). The molecule has 90 valence electrons. The van der Waals surface area contributed by atoms with Crippen molar-refractivity contribution in [2.45, 2.75) is 6.92 Å². The van der Waals surface area contributed by atoms with E-state index in [1.807, 2.05) is 31.2 Å². The molecule has 0 saturated carbocycles. The lowest BCUT2D eigenvalue weighted by molar-refractivity contribution is 0.0697. The largest absolute Gasteiger partial charge is 0.478 e. The Labute approximate surface area is 102 Å². The molecule has 5 heteroatoms. The van der Waals surface area contributed by atoms with Gasteiger partial charge < -0.3 is 9.52 Å². The van der Waals surface area contributed by atoms with Crippen LogP contribution in [0.15, 0.2) is 34.9 Å². The predicted molar refractivity (Wildman–Crippen MR) is 65.5 cm³/mol. The van der Waals surface area contributed by atoms with E-state index in [1.54, 1.807) is 0 Å². The number of hydrogen-bond donors (Lipinski definition) is 2. The number of carboxylic acids is 1. The summed E-state index contributed by atoms with van der Waals surface area (Å²) in [6.07, 6.45) is 1.28. The van der Waals surface area contributed by atoms with Crippen molar-refractivity contribution >= 4 is 16.9 Å². The molecule has 0 unspecified atom stereocenters. The van der Waals surface area contributed by atoms with E-state index in [-0.39, 0.29) is 5.56 Å². The van der Waals surface area contributed by atoms with Gasteiger partial charge in [0.15, 0.2) is 5.76 Å². The van der Waals surface area contributed by atoms with Gasteiger partial charge in [-0.1, -0.05) is 18.2 Å². The minimum absolute atomic E-state index is 0.103. The fourth-order valence-corrected chi connectivity index (χ4v) is 1.97. The summed E-state index contributed by atoms with van der Waals surface area (Å²) in [6, 6.07) is 7.61. The topological polar surface area (TPSA) is 79.1 Å². The fourth-order valence-electron chi connectivity index (χ4n) is 1.97. The number of aromatic nitrogens is 2. The van der Waals surface area contributed by atoms with Crippen molar-refractivity contribution in [2.75, 3.05) is 0 Å². The lowest BCUT2D eigenvalue weighted by Gasteiger charge is -1.94. The number of furan rings is 1. The maximum atomic E-state index is 11.0. The Morgan fingerprint density at radius 1 is 1.44 bits per heavy atom. The van der Waals surface area contributed by atoms with Crippen molar-refractivity contribution in [3.05, 3.63) is 41.6 Å². The number of rotatable bonds is 2. The summed E-state index contributed by atoms with van der Waals surface area (Å²) in [4.78, 5) is 11.0. The van der Waals surface area contributed by atoms with E-state index < -0.39 is 5.97 Å². The molecule has 5 nitrogen and oxygen atoms in total. The average molecular weight is 242 g/mol. The van der Waals surface area contributed by atoms with Crippen LogP contribution in [0, 0.1) is 6.92 Å². The Morgan fingerprint density at radius 3 is 3.00 bits per heavy atom. The van der Waals surface area contributed by atoms with E-state index in [4.69, 9.17) is 9.52 Å². The summed E-state index contributed by atoms with van der Waals surface area (Å²) in [6.45, 7) is 1.95.